The van der Waals surface area contributed by atoms with Gasteiger partial charge in [0.2, 0.25) is 0 Å². The summed E-state index contributed by atoms with van der Waals surface area (Å²) in [5.74, 6) is 1.04. The molecular weight excluding hydrogens is 431 g/mol. The zero-order valence-corrected chi connectivity index (χ0v) is 18.3. The van der Waals surface area contributed by atoms with E-state index in [0.29, 0.717) is 22.9 Å². The Kier molecular flexibility index (Phi) is 6.01. The largest absolute Gasteiger partial charge is 0.493 e. The molecule has 0 radical (unpaired) electrons. The van der Waals surface area contributed by atoms with Crippen LogP contribution in [0.2, 0.25) is 0 Å². The Bertz CT molecular complexity index is 1420. The Morgan fingerprint density at radius 3 is 2.55 bits per heavy atom. The molecule has 9 nitrogen and oxygen atoms in total. The van der Waals surface area contributed by atoms with E-state index in [2.05, 4.69) is 9.97 Å². The van der Waals surface area contributed by atoms with Crippen molar-refractivity contribution in [2.45, 2.75) is 26.2 Å². The van der Waals surface area contributed by atoms with Crippen LogP contribution in [0.5, 0.6) is 11.5 Å². The van der Waals surface area contributed by atoms with Gasteiger partial charge in [-0.25, -0.2) is 14.2 Å². The maximum absolute atomic E-state index is 13.1. The number of halogens is 1. The fourth-order valence-corrected chi connectivity index (χ4v) is 3.61. The number of nitrogens with zero attached hydrogens (tertiary/aromatic N) is 3. The highest BCUT2D eigenvalue weighted by atomic mass is 19.1. The molecule has 172 valence electrons. The molecule has 1 atom stereocenters. The van der Waals surface area contributed by atoms with Gasteiger partial charge in [-0.15, -0.1) is 0 Å². The van der Waals surface area contributed by atoms with Gasteiger partial charge in [0, 0.05) is 12.6 Å². The summed E-state index contributed by atoms with van der Waals surface area (Å²) < 4.78 is 27.2. The number of hydrogen-bond acceptors (Lipinski definition) is 6. The number of aromatic nitrogens is 4. The quantitative estimate of drug-likeness (QED) is 0.443. The maximum atomic E-state index is 13.1. The lowest BCUT2D eigenvalue weighted by Crippen LogP contribution is -2.33. The van der Waals surface area contributed by atoms with Gasteiger partial charge in [-0.1, -0.05) is 12.1 Å². The molecule has 10 heteroatoms. The summed E-state index contributed by atoms with van der Waals surface area (Å²) in [6, 6.07) is 11.2. The van der Waals surface area contributed by atoms with E-state index in [9.17, 15) is 19.1 Å². The molecule has 0 fully saturated rings. The fraction of sp³-hybridized carbons (Fsp3) is 0.261. The third-order valence-electron chi connectivity index (χ3n) is 5.19. The molecule has 0 aliphatic rings. The molecule has 2 N–H and O–H groups in total. The number of aliphatic hydroxyl groups excluding tert-OH is 1. The van der Waals surface area contributed by atoms with E-state index in [4.69, 9.17) is 9.47 Å². The minimum absolute atomic E-state index is 0.0119. The molecule has 0 saturated heterocycles. The Labute approximate surface area is 187 Å². The average molecular weight is 454 g/mol. The summed E-state index contributed by atoms with van der Waals surface area (Å²) in [4.78, 5) is 31.5. The molecule has 4 rings (SSSR count). The Morgan fingerprint density at radius 1 is 1.15 bits per heavy atom. The topological polar surface area (TPSA) is 111 Å². The smallest absolute Gasteiger partial charge is 0.330 e. The van der Waals surface area contributed by atoms with Gasteiger partial charge in [0.1, 0.15) is 18.2 Å². The third kappa shape index (κ3) is 4.37. The number of hydrogen-bond donors (Lipinski definition) is 2. The van der Waals surface area contributed by atoms with Crippen LogP contribution in [0, 0.1) is 5.82 Å². The van der Waals surface area contributed by atoms with E-state index in [0.717, 1.165) is 5.56 Å². The lowest BCUT2D eigenvalue weighted by atomic mass is 10.2. The molecule has 4 aromatic rings. The SMILES string of the molecule is COc1cc(-c2nc3c(c(=O)[nH]c(=O)n3CC(C)O)n2C)ccc1OCc1ccc(F)cc1. The molecule has 0 spiro atoms. The van der Waals surface area contributed by atoms with Crippen molar-refractivity contribution in [2.75, 3.05) is 7.11 Å². The predicted octanol–water partition coefficient (Wildman–Crippen LogP) is 2.20. The number of aliphatic hydroxyl groups is 1. The van der Waals surface area contributed by atoms with E-state index in [1.54, 1.807) is 48.9 Å². The number of fused-ring (bicyclic) bond motifs is 1. The normalized spacial score (nSPS) is 12.2. The molecular formula is C23H23FN4O5. The third-order valence-corrected chi connectivity index (χ3v) is 5.19. The zero-order valence-electron chi connectivity index (χ0n) is 18.3. The highest BCUT2D eigenvalue weighted by Gasteiger charge is 2.19. The number of ether oxygens (including phenoxy) is 2. The van der Waals surface area contributed by atoms with Gasteiger partial charge in [-0.05, 0) is 42.8 Å². The average Bonchev–Trinajstić information content (AvgIpc) is 3.13. The first kappa shape index (κ1) is 22.3. The van der Waals surface area contributed by atoms with Crippen LogP contribution in [-0.4, -0.2) is 37.4 Å². The highest BCUT2D eigenvalue weighted by molar-refractivity contribution is 5.77. The summed E-state index contributed by atoms with van der Waals surface area (Å²) in [5, 5.41) is 9.76. The standard InChI is InChI=1S/C23H23FN4O5/c1-13(29)11-28-21-19(22(30)26-23(28)31)27(2)20(25-21)15-6-9-17(18(10-15)32-3)33-12-14-4-7-16(24)8-5-14/h4-10,13,29H,11-12H2,1-3H3,(H,26,30,31). The first-order valence-electron chi connectivity index (χ1n) is 10.2. The summed E-state index contributed by atoms with van der Waals surface area (Å²) in [7, 11) is 3.17. The summed E-state index contributed by atoms with van der Waals surface area (Å²) in [6.07, 6.45) is -0.806. The van der Waals surface area contributed by atoms with Gasteiger partial charge in [-0.2, -0.15) is 0 Å². The van der Waals surface area contributed by atoms with E-state index >= 15 is 0 Å². The van der Waals surface area contributed by atoms with Crippen molar-refractivity contribution in [3.63, 3.8) is 0 Å². The maximum Gasteiger partial charge on any atom is 0.330 e. The number of nitrogens with one attached hydrogen (secondary N) is 1. The van der Waals surface area contributed by atoms with Crippen LogP contribution >= 0.6 is 0 Å². The van der Waals surface area contributed by atoms with Gasteiger partial charge in [0.15, 0.2) is 22.7 Å². The number of benzene rings is 2. The highest BCUT2D eigenvalue weighted by Crippen LogP contribution is 2.33. The minimum atomic E-state index is -0.806. The first-order valence-corrected chi connectivity index (χ1v) is 10.2. The zero-order chi connectivity index (χ0) is 23.7. The molecule has 2 aromatic heterocycles. The second-order valence-electron chi connectivity index (χ2n) is 7.67. The minimum Gasteiger partial charge on any atom is -0.493 e. The van der Waals surface area contributed by atoms with Gasteiger partial charge < -0.3 is 19.1 Å². The van der Waals surface area contributed by atoms with Gasteiger partial charge in [0.25, 0.3) is 5.56 Å². The van der Waals surface area contributed by atoms with Crippen molar-refractivity contribution >= 4 is 11.2 Å². The van der Waals surface area contributed by atoms with Crippen LogP contribution in [-0.2, 0) is 20.2 Å². The summed E-state index contributed by atoms with van der Waals surface area (Å²) in [6.45, 7) is 1.76. The molecule has 1 unspecified atom stereocenters. The molecule has 0 bridgehead atoms. The van der Waals surface area contributed by atoms with Crippen molar-refractivity contribution in [2.24, 2.45) is 7.05 Å². The Morgan fingerprint density at radius 2 is 1.88 bits per heavy atom. The predicted molar refractivity (Wildman–Crippen MR) is 120 cm³/mol. The van der Waals surface area contributed by atoms with Crippen molar-refractivity contribution < 1.29 is 19.0 Å². The van der Waals surface area contributed by atoms with Crippen LogP contribution < -0.4 is 20.7 Å². The number of H-pyrrole nitrogens is 1. The molecule has 0 aliphatic carbocycles. The van der Waals surface area contributed by atoms with Crippen LogP contribution in [0.25, 0.3) is 22.6 Å². The van der Waals surface area contributed by atoms with Crippen LogP contribution in [0.1, 0.15) is 12.5 Å². The second-order valence-corrected chi connectivity index (χ2v) is 7.67. The van der Waals surface area contributed by atoms with Crippen LogP contribution in [0.3, 0.4) is 0 Å². The molecule has 0 amide bonds. The van der Waals surface area contributed by atoms with Crippen molar-refractivity contribution in [1.29, 1.82) is 0 Å². The summed E-state index contributed by atoms with van der Waals surface area (Å²) >= 11 is 0. The van der Waals surface area contributed by atoms with Crippen molar-refractivity contribution in [3.05, 3.63) is 74.7 Å². The van der Waals surface area contributed by atoms with Gasteiger partial charge >= 0.3 is 5.69 Å². The number of rotatable bonds is 7. The van der Waals surface area contributed by atoms with Crippen LogP contribution in [0.4, 0.5) is 4.39 Å². The lowest BCUT2D eigenvalue weighted by Gasteiger charge is -2.12. The van der Waals surface area contributed by atoms with E-state index in [-0.39, 0.29) is 30.1 Å². The number of aryl methyl sites for hydroxylation is 1. The van der Waals surface area contributed by atoms with Gasteiger partial charge in [0.05, 0.1) is 19.8 Å². The van der Waals surface area contributed by atoms with E-state index in [1.807, 2.05) is 0 Å². The molecule has 2 aromatic carbocycles. The van der Waals surface area contributed by atoms with Crippen molar-refractivity contribution in [1.82, 2.24) is 19.1 Å². The lowest BCUT2D eigenvalue weighted by molar-refractivity contribution is 0.173. The monoisotopic (exact) mass is 454 g/mol. The van der Waals surface area contributed by atoms with E-state index in [1.165, 1.54) is 23.8 Å². The number of aromatic amines is 1. The summed E-state index contributed by atoms with van der Waals surface area (Å²) in [5.41, 5.74) is 0.617. The molecule has 33 heavy (non-hydrogen) atoms. The Hall–Kier alpha value is -3.92. The van der Waals surface area contributed by atoms with Gasteiger partial charge in [-0.3, -0.25) is 14.3 Å². The first-order chi connectivity index (χ1) is 15.8. The Balaban J connectivity index is 1.73. The van der Waals surface area contributed by atoms with Crippen molar-refractivity contribution in [3.8, 4) is 22.9 Å². The molecule has 0 saturated carbocycles. The van der Waals surface area contributed by atoms with E-state index < -0.39 is 17.4 Å². The molecule has 2 heterocycles. The van der Waals surface area contributed by atoms with Crippen LogP contribution in [0.15, 0.2) is 52.1 Å². The number of methoxy groups -OCH3 is 1. The number of imidazole rings is 1. The molecule has 0 aliphatic heterocycles. The fourth-order valence-electron chi connectivity index (χ4n) is 3.61. The second kappa shape index (κ2) is 8.91.